The molecule has 0 aromatic carbocycles. The van der Waals surface area contributed by atoms with Crippen LogP contribution in [0.5, 0.6) is 0 Å². The van der Waals surface area contributed by atoms with Gasteiger partial charge in [0.15, 0.2) is 5.78 Å². The highest BCUT2D eigenvalue weighted by Crippen LogP contribution is 2.67. The summed E-state index contributed by atoms with van der Waals surface area (Å²) in [6.45, 7) is 6.47. The number of Topliss-reactive ketones (excluding diaryl/α,β-unsaturated/α-hetero) is 2. The number of allylic oxidation sites excluding steroid dienone is 1. The van der Waals surface area contributed by atoms with Gasteiger partial charge in [-0.15, -0.1) is 0 Å². The van der Waals surface area contributed by atoms with Crippen LogP contribution in [-0.4, -0.2) is 11.6 Å². The molecule has 4 rings (SSSR count). The number of hydrogen-bond donors (Lipinski definition) is 0. The largest absolute Gasteiger partial charge is 0.300 e. The lowest BCUT2D eigenvalue weighted by Crippen LogP contribution is -2.51. The normalized spacial score (nSPS) is 46.1. The van der Waals surface area contributed by atoms with Gasteiger partial charge in [-0.05, 0) is 86.0 Å². The summed E-state index contributed by atoms with van der Waals surface area (Å²) in [5, 5.41) is 9.53. The van der Waals surface area contributed by atoms with E-state index in [1.165, 1.54) is 6.42 Å². The van der Waals surface area contributed by atoms with Gasteiger partial charge in [-0.1, -0.05) is 13.8 Å². The summed E-state index contributed by atoms with van der Waals surface area (Å²) in [5.41, 5.74) is 1.84. The molecular weight excluding hydrogens is 310 g/mol. The number of carbonyl (C=O) groups excluding carboxylic acids is 2. The molecule has 0 unspecified atom stereocenters. The zero-order chi connectivity index (χ0) is 18.0. The molecule has 0 spiro atoms. The van der Waals surface area contributed by atoms with Gasteiger partial charge in [-0.25, -0.2) is 0 Å². The number of rotatable bonds is 1. The summed E-state index contributed by atoms with van der Waals surface area (Å²) >= 11 is 0. The van der Waals surface area contributed by atoms with Crippen LogP contribution in [0.2, 0.25) is 0 Å². The van der Waals surface area contributed by atoms with Gasteiger partial charge >= 0.3 is 0 Å². The third-order valence-corrected chi connectivity index (χ3v) is 8.73. The lowest BCUT2D eigenvalue weighted by molar-refractivity contribution is -0.128. The first kappa shape index (κ1) is 17.0. The lowest BCUT2D eigenvalue weighted by Gasteiger charge is -2.58. The molecule has 3 fully saturated rings. The van der Waals surface area contributed by atoms with Crippen LogP contribution in [0.1, 0.15) is 72.1 Å². The minimum absolute atomic E-state index is 0.0253. The standard InChI is InChI=1S/C22H29NO2/c1-13(24)16-6-7-17-14-4-5-18-15(12-23)20(25)9-11-22(18,3)19(14)8-10-21(16,17)2/h14,16-17,19H,4-11H2,1-3H3/t14-,16+,17-,19-,21+,22-/m0/s1. The predicted molar refractivity (Wildman–Crippen MR) is 95.4 cm³/mol. The second-order valence-corrected chi connectivity index (χ2v) is 9.51. The van der Waals surface area contributed by atoms with E-state index >= 15 is 0 Å². The van der Waals surface area contributed by atoms with E-state index in [0.717, 1.165) is 44.1 Å². The van der Waals surface area contributed by atoms with E-state index in [4.69, 9.17) is 0 Å². The maximum Gasteiger partial charge on any atom is 0.173 e. The molecule has 4 aliphatic carbocycles. The van der Waals surface area contributed by atoms with Crippen molar-refractivity contribution < 1.29 is 9.59 Å². The van der Waals surface area contributed by atoms with E-state index < -0.39 is 0 Å². The Morgan fingerprint density at radius 2 is 1.84 bits per heavy atom. The second-order valence-electron chi connectivity index (χ2n) is 9.51. The highest BCUT2D eigenvalue weighted by Gasteiger charge is 2.60. The van der Waals surface area contributed by atoms with Crippen LogP contribution >= 0.6 is 0 Å². The van der Waals surface area contributed by atoms with Gasteiger partial charge in [0.05, 0.1) is 5.57 Å². The number of ketones is 2. The molecule has 0 aliphatic heterocycles. The maximum absolute atomic E-state index is 12.2. The van der Waals surface area contributed by atoms with Crippen molar-refractivity contribution in [2.24, 2.45) is 34.5 Å². The molecule has 0 aromatic heterocycles. The number of nitrogens with zero attached hydrogens (tertiary/aromatic N) is 1. The molecule has 0 amide bonds. The highest BCUT2D eigenvalue weighted by molar-refractivity contribution is 6.01. The highest BCUT2D eigenvalue weighted by atomic mass is 16.1. The SMILES string of the molecule is CC(=O)[C@H]1CC[C@H]2[C@@H]3CCC4=C(C#N)C(=O)CC[C@]4(C)[C@H]3CC[C@]12C. The number of carbonyl (C=O) groups is 2. The maximum atomic E-state index is 12.2. The predicted octanol–water partition coefficient (Wildman–Crippen LogP) is 4.62. The van der Waals surface area contributed by atoms with Crippen molar-refractivity contribution in [1.29, 1.82) is 5.26 Å². The summed E-state index contributed by atoms with van der Waals surface area (Å²) in [5.74, 6) is 2.56. The fraction of sp³-hybridized carbons (Fsp3) is 0.773. The first-order chi connectivity index (χ1) is 11.8. The zero-order valence-electron chi connectivity index (χ0n) is 15.7. The van der Waals surface area contributed by atoms with Crippen molar-refractivity contribution in [1.82, 2.24) is 0 Å². The van der Waals surface area contributed by atoms with Crippen molar-refractivity contribution in [3.63, 3.8) is 0 Å². The van der Waals surface area contributed by atoms with E-state index in [1.54, 1.807) is 6.92 Å². The number of fused-ring (bicyclic) bond motifs is 5. The van der Waals surface area contributed by atoms with E-state index in [0.29, 0.717) is 35.5 Å². The smallest absolute Gasteiger partial charge is 0.173 e. The molecule has 134 valence electrons. The average molecular weight is 339 g/mol. The molecule has 25 heavy (non-hydrogen) atoms. The minimum atomic E-state index is 0.0253. The Bertz CT molecular complexity index is 714. The topological polar surface area (TPSA) is 57.9 Å². The quantitative estimate of drug-likeness (QED) is 0.700. The van der Waals surface area contributed by atoms with Crippen LogP contribution in [0.3, 0.4) is 0 Å². The van der Waals surface area contributed by atoms with Crippen molar-refractivity contribution in [2.75, 3.05) is 0 Å². The molecule has 3 saturated carbocycles. The zero-order valence-corrected chi connectivity index (χ0v) is 15.7. The first-order valence-electron chi connectivity index (χ1n) is 10.0. The van der Waals surface area contributed by atoms with Crippen molar-refractivity contribution >= 4 is 11.6 Å². The van der Waals surface area contributed by atoms with Gasteiger partial charge in [-0.3, -0.25) is 9.59 Å². The van der Waals surface area contributed by atoms with Crippen LogP contribution in [0.4, 0.5) is 0 Å². The molecule has 0 bridgehead atoms. The minimum Gasteiger partial charge on any atom is -0.300 e. The average Bonchev–Trinajstić information content (AvgIpc) is 2.93. The summed E-state index contributed by atoms with van der Waals surface area (Å²) in [7, 11) is 0. The monoisotopic (exact) mass is 339 g/mol. The van der Waals surface area contributed by atoms with E-state index in [2.05, 4.69) is 19.9 Å². The van der Waals surface area contributed by atoms with Crippen LogP contribution in [-0.2, 0) is 9.59 Å². The first-order valence-corrected chi connectivity index (χ1v) is 10.0. The lowest BCUT2D eigenvalue weighted by atomic mass is 9.46. The fourth-order valence-electron chi connectivity index (χ4n) is 7.51. The van der Waals surface area contributed by atoms with Gasteiger partial charge < -0.3 is 0 Å². The molecule has 0 radical (unpaired) electrons. The van der Waals surface area contributed by atoms with Crippen LogP contribution in [0, 0.1) is 45.8 Å². The summed E-state index contributed by atoms with van der Waals surface area (Å²) in [6, 6.07) is 2.23. The molecule has 3 heteroatoms. The second kappa shape index (κ2) is 5.53. The van der Waals surface area contributed by atoms with Gasteiger partial charge in [0.2, 0.25) is 0 Å². The molecule has 0 saturated heterocycles. The molecule has 6 atom stereocenters. The van der Waals surface area contributed by atoms with Gasteiger partial charge in [-0.2, -0.15) is 5.26 Å². The Balaban J connectivity index is 1.71. The molecule has 3 nitrogen and oxygen atoms in total. The Hall–Kier alpha value is -1.43. The third kappa shape index (κ3) is 2.15. The summed E-state index contributed by atoms with van der Waals surface area (Å²) in [4.78, 5) is 24.4. The summed E-state index contributed by atoms with van der Waals surface area (Å²) in [6.07, 6.45) is 7.96. The van der Waals surface area contributed by atoms with Crippen molar-refractivity contribution in [3.8, 4) is 6.07 Å². The Labute approximate surface area is 150 Å². The van der Waals surface area contributed by atoms with Crippen molar-refractivity contribution in [3.05, 3.63) is 11.1 Å². The van der Waals surface area contributed by atoms with Crippen LogP contribution in [0.15, 0.2) is 11.1 Å². The van der Waals surface area contributed by atoms with E-state index in [9.17, 15) is 14.9 Å². The Kier molecular flexibility index (Phi) is 3.76. The number of nitriles is 1. The fourth-order valence-corrected chi connectivity index (χ4v) is 7.51. The third-order valence-electron chi connectivity index (χ3n) is 8.73. The molecule has 4 aliphatic rings. The Morgan fingerprint density at radius 1 is 1.08 bits per heavy atom. The van der Waals surface area contributed by atoms with Crippen LogP contribution in [0.25, 0.3) is 0 Å². The van der Waals surface area contributed by atoms with Gasteiger partial charge in [0.25, 0.3) is 0 Å². The Morgan fingerprint density at radius 3 is 2.52 bits per heavy atom. The number of hydrogen-bond acceptors (Lipinski definition) is 3. The van der Waals surface area contributed by atoms with Crippen molar-refractivity contribution in [2.45, 2.75) is 72.1 Å². The van der Waals surface area contributed by atoms with E-state index in [-0.39, 0.29) is 22.5 Å². The van der Waals surface area contributed by atoms with E-state index in [1.807, 2.05) is 0 Å². The van der Waals surface area contributed by atoms with Gasteiger partial charge in [0, 0.05) is 12.3 Å². The molecule has 0 heterocycles. The van der Waals surface area contributed by atoms with Crippen LogP contribution < -0.4 is 0 Å². The molecule has 0 N–H and O–H groups in total. The summed E-state index contributed by atoms with van der Waals surface area (Å²) < 4.78 is 0. The molecular formula is C22H29NO2. The van der Waals surface area contributed by atoms with Gasteiger partial charge in [0.1, 0.15) is 11.9 Å². The molecule has 0 aromatic rings.